The summed E-state index contributed by atoms with van der Waals surface area (Å²) in [7, 11) is -4.36. The summed E-state index contributed by atoms with van der Waals surface area (Å²) in [5, 5.41) is 0.866. The zero-order valence-electron chi connectivity index (χ0n) is 13.9. The molecule has 0 aliphatic heterocycles. The predicted octanol–water partition coefficient (Wildman–Crippen LogP) is 5.17. The van der Waals surface area contributed by atoms with Crippen LogP contribution in [0.5, 0.6) is 0 Å². The second kappa shape index (κ2) is 6.95. The van der Waals surface area contributed by atoms with E-state index in [1.54, 1.807) is 0 Å². The van der Waals surface area contributed by atoms with Crippen LogP contribution >= 0.6 is 7.37 Å². The number of hydrogen-bond donors (Lipinski definition) is 0. The van der Waals surface area contributed by atoms with Gasteiger partial charge in [-0.25, -0.2) is 0 Å². The van der Waals surface area contributed by atoms with Crippen LogP contribution in [-0.4, -0.2) is 20.5 Å². The van der Waals surface area contributed by atoms with Gasteiger partial charge in [-0.05, 0) is 24.1 Å². The molecule has 0 saturated heterocycles. The van der Waals surface area contributed by atoms with Crippen molar-refractivity contribution in [2.24, 2.45) is 0 Å². The average Bonchev–Trinajstić information content (AvgIpc) is 2.46. The Kier molecular flexibility index (Phi) is 5.44. The van der Waals surface area contributed by atoms with Gasteiger partial charge in [0.1, 0.15) is 0 Å². The largest absolute Gasteiger partial charge is 0.326 e. The first kappa shape index (κ1) is 17.2. The average molecular weight is 332 g/mol. The normalized spacial score (nSPS) is 14.5. The molecule has 0 spiro atoms. The van der Waals surface area contributed by atoms with Crippen LogP contribution in [0.4, 0.5) is 0 Å². The monoisotopic (exact) mass is 332 g/mol. The van der Waals surface area contributed by atoms with Crippen molar-refractivity contribution in [1.29, 1.82) is 0 Å². The molecule has 0 bridgehead atoms. The van der Waals surface area contributed by atoms with Crippen LogP contribution in [-0.2, 0) is 9.09 Å². The molecule has 0 amide bonds. The van der Waals surface area contributed by atoms with Crippen molar-refractivity contribution in [3.05, 3.63) is 54.6 Å². The van der Waals surface area contributed by atoms with E-state index in [2.05, 4.69) is 31.8 Å². The molecule has 0 heterocycles. The molecular formula is C18H25O2PSi. The molecule has 2 aromatic rings. The molecule has 2 rings (SSSR count). The fourth-order valence-electron chi connectivity index (χ4n) is 2.67. The molecular weight excluding hydrogens is 307 g/mol. The van der Waals surface area contributed by atoms with E-state index in [4.69, 9.17) is 4.52 Å². The van der Waals surface area contributed by atoms with Crippen LogP contribution in [0.2, 0.25) is 19.6 Å². The van der Waals surface area contributed by atoms with E-state index in [0.29, 0.717) is 12.4 Å². The van der Waals surface area contributed by atoms with Gasteiger partial charge in [0.05, 0.1) is 14.7 Å². The predicted molar refractivity (Wildman–Crippen MR) is 99.0 cm³/mol. The van der Waals surface area contributed by atoms with Crippen molar-refractivity contribution in [3.63, 3.8) is 0 Å². The summed E-state index contributed by atoms with van der Waals surface area (Å²) in [6, 6.07) is 18.1. The summed E-state index contributed by atoms with van der Waals surface area (Å²) in [6.45, 7) is 9.12. The van der Waals surface area contributed by atoms with Gasteiger partial charge in [-0.15, -0.1) is 0 Å². The van der Waals surface area contributed by atoms with E-state index in [0.717, 1.165) is 16.4 Å². The quantitative estimate of drug-likeness (QED) is 0.539. The lowest BCUT2D eigenvalue weighted by Crippen LogP contribution is -2.30. The third-order valence-electron chi connectivity index (χ3n) is 3.38. The summed E-state index contributed by atoms with van der Waals surface area (Å²) in [4.78, 5) is 0. The molecule has 2 nitrogen and oxygen atoms in total. The Bertz CT molecular complexity index is 662. The third kappa shape index (κ3) is 4.19. The van der Waals surface area contributed by atoms with Crippen molar-refractivity contribution >= 4 is 20.7 Å². The van der Waals surface area contributed by atoms with E-state index in [1.165, 1.54) is 0 Å². The van der Waals surface area contributed by atoms with Crippen molar-refractivity contribution in [1.82, 2.24) is 0 Å². The molecule has 4 heteroatoms. The fraction of sp³-hybridized carbons (Fsp3) is 0.333. The van der Waals surface area contributed by atoms with E-state index < -0.39 is 15.4 Å². The smallest absolute Gasteiger partial charge is 0.230 e. The summed E-state index contributed by atoms with van der Waals surface area (Å²) in [5.41, 5.74) is 2.12. The Labute approximate surface area is 135 Å². The highest BCUT2D eigenvalue weighted by Crippen LogP contribution is 2.49. The highest BCUT2D eigenvalue weighted by Gasteiger charge is 2.34. The number of rotatable bonds is 6. The highest BCUT2D eigenvalue weighted by molar-refractivity contribution is 7.69. The van der Waals surface area contributed by atoms with Crippen LogP contribution in [0.15, 0.2) is 54.6 Å². The Morgan fingerprint density at radius 3 is 2.14 bits per heavy atom. The molecule has 1 unspecified atom stereocenters. The van der Waals surface area contributed by atoms with Crippen molar-refractivity contribution in [2.45, 2.75) is 26.6 Å². The maximum atomic E-state index is 13.6. The zero-order valence-corrected chi connectivity index (χ0v) is 15.8. The Balaban J connectivity index is 2.56. The molecule has 0 N–H and O–H groups in total. The number of benzene rings is 2. The number of hydrogen-bond acceptors (Lipinski definition) is 2. The lowest BCUT2D eigenvalue weighted by molar-refractivity contribution is 0.343. The molecule has 1 atom stereocenters. The standard InChI is InChI=1S/C18H25O2PSi/c1-5-20-21(19,15-22(2,3)4)18-14-10-9-13-17(18)16-11-7-6-8-12-16/h6-14H,5,15H2,1-4H3. The maximum absolute atomic E-state index is 13.6. The van der Waals surface area contributed by atoms with Gasteiger partial charge in [0.15, 0.2) is 0 Å². The van der Waals surface area contributed by atoms with Crippen LogP contribution in [0.1, 0.15) is 6.92 Å². The van der Waals surface area contributed by atoms with Crippen molar-refractivity contribution in [3.8, 4) is 11.1 Å². The van der Waals surface area contributed by atoms with Gasteiger partial charge in [-0.1, -0.05) is 68.2 Å². The summed E-state index contributed by atoms with van der Waals surface area (Å²) >= 11 is 0. The van der Waals surface area contributed by atoms with Gasteiger partial charge < -0.3 is 4.52 Å². The van der Waals surface area contributed by atoms with E-state index in [-0.39, 0.29) is 0 Å². The highest BCUT2D eigenvalue weighted by atomic mass is 31.2. The molecule has 0 radical (unpaired) electrons. The van der Waals surface area contributed by atoms with Gasteiger partial charge in [-0.2, -0.15) is 0 Å². The maximum Gasteiger partial charge on any atom is 0.230 e. The van der Waals surface area contributed by atoms with E-state index >= 15 is 0 Å². The Morgan fingerprint density at radius 2 is 1.55 bits per heavy atom. The van der Waals surface area contributed by atoms with Crippen molar-refractivity contribution in [2.75, 3.05) is 12.4 Å². The van der Waals surface area contributed by atoms with E-state index in [1.807, 2.05) is 49.4 Å². The van der Waals surface area contributed by atoms with Gasteiger partial charge in [-0.3, -0.25) is 4.57 Å². The van der Waals surface area contributed by atoms with Crippen LogP contribution < -0.4 is 5.30 Å². The van der Waals surface area contributed by atoms with Crippen LogP contribution in [0.25, 0.3) is 11.1 Å². The van der Waals surface area contributed by atoms with Gasteiger partial charge in [0, 0.05) is 11.1 Å². The summed E-state index contributed by atoms with van der Waals surface area (Å²) in [6.07, 6.45) is 0. The topological polar surface area (TPSA) is 26.3 Å². The first-order valence-electron chi connectivity index (χ1n) is 7.74. The second-order valence-electron chi connectivity index (χ2n) is 6.69. The Morgan fingerprint density at radius 1 is 0.955 bits per heavy atom. The fourth-order valence-corrected chi connectivity index (χ4v) is 10.1. The molecule has 0 fully saturated rings. The van der Waals surface area contributed by atoms with Crippen molar-refractivity contribution < 1.29 is 9.09 Å². The SMILES string of the molecule is CCOP(=O)(C[Si](C)(C)C)c1ccccc1-c1ccccc1. The minimum absolute atomic E-state index is 0.477. The summed E-state index contributed by atoms with van der Waals surface area (Å²) < 4.78 is 19.5. The molecule has 0 saturated carbocycles. The lowest BCUT2D eigenvalue weighted by atomic mass is 10.1. The van der Waals surface area contributed by atoms with Gasteiger partial charge in [0.2, 0.25) is 7.37 Å². The van der Waals surface area contributed by atoms with Crippen LogP contribution in [0, 0.1) is 0 Å². The minimum Gasteiger partial charge on any atom is -0.326 e. The lowest BCUT2D eigenvalue weighted by Gasteiger charge is -2.26. The van der Waals surface area contributed by atoms with Crippen LogP contribution in [0.3, 0.4) is 0 Å². The molecule has 0 aromatic heterocycles. The molecule has 2 aromatic carbocycles. The molecule has 0 aliphatic carbocycles. The Hall–Kier alpha value is -1.15. The van der Waals surface area contributed by atoms with Gasteiger partial charge >= 0.3 is 0 Å². The van der Waals surface area contributed by atoms with E-state index in [9.17, 15) is 4.57 Å². The third-order valence-corrected chi connectivity index (χ3v) is 10.6. The second-order valence-corrected chi connectivity index (χ2v) is 15.2. The first-order chi connectivity index (χ1) is 10.4. The summed E-state index contributed by atoms with van der Waals surface area (Å²) in [5.74, 6) is 0.678. The first-order valence-corrected chi connectivity index (χ1v) is 13.3. The zero-order chi connectivity index (χ0) is 16.2. The molecule has 0 aliphatic rings. The van der Waals surface area contributed by atoms with Gasteiger partial charge in [0.25, 0.3) is 0 Å². The molecule has 22 heavy (non-hydrogen) atoms. The minimum atomic E-state index is -2.83. The molecule has 118 valence electrons.